The number of carbonyl (C=O) groups is 2. The van der Waals surface area contributed by atoms with Crippen LogP contribution in [0.1, 0.15) is 27.7 Å². The molecule has 0 aromatic rings. The van der Waals surface area contributed by atoms with Crippen molar-refractivity contribution in [3.05, 3.63) is 10.4 Å². The Kier molecular flexibility index (Phi) is 28.2. The summed E-state index contributed by atoms with van der Waals surface area (Å²) in [6, 6.07) is 0. The zero-order valence-corrected chi connectivity index (χ0v) is 17.6. The van der Waals surface area contributed by atoms with E-state index in [9.17, 15) is 9.59 Å². The van der Waals surface area contributed by atoms with Crippen LogP contribution in [0.3, 0.4) is 0 Å². The third-order valence-corrected chi connectivity index (χ3v) is 2.72. The summed E-state index contributed by atoms with van der Waals surface area (Å²) in [4.78, 5) is 26.8. The predicted molar refractivity (Wildman–Crippen MR) is 91.6 cm³/mol. The maximum absolute atomic E-state index is 10.7. The number of rotatable bonds is 3. The second-order valence-electron chi connectivity index (χ2n) is 4.42. The van der Waals surface area contributed by atoms with Crippen molar-refractivity contribution in [3.8, 4) is 0 Å². The van der Waals surface area contributed by atoms with Crippen molar-refractivity contribution in [2.45, 2.75) is 39.9 Å². The molecule has 0 unspecified atom stereocenters. The summed E-state index contributed by atoms with van der Waals surface area (Å²) >= 11 is 0. The minimum atomic E-state index is -0.358. The first kappa shape index (κ1) is 33.9. The van der Waals surface area contributed by atoms with E-state index in [2.05, 4.69) is 10.0 Å². The number of amides is 2. The number of nitrogens with two attached hydrogens (primary N) is 1. The van der Waals surface area contributed by atoms with Crippen LogP contribution in [0.4, 0.5) is 9.59 Å². The molecule has 0 saturated carbocycles. The molecule has 2 atom stereocenters. The van der Waals surface area contributed by atoms with Gasteiger partial charge in [0.1, 0.15) is 12.2 Å². The summed E-state index contributed by atoms with van der Waals surface area (Å²) in [5.74, 6) is 0. The van der Waals surface area contributed by atoms with Gasteiger partial charge in [-0.1, -0.05) is 32.8 Å². The number of hydrogen-bond donors (Lipinski definition) is 1. The van der Waals surface area contributed by atoms with Crippen molar-refractivity contribution >= 4 is 12.2 Å². The third-order valence-electron chi connectivity index (χ3n) is 2.72. The molecule has 0 aromatic heterocycles. The average molecular weight is 426 g/mol. The van der Waals surface area contributed by atoms with E-state index >= 15 is 0 Å². The molecule has 10 nitrogen and oxygen atoms in total. The van der Waals surface area contributed by atoms with Crippen molar-refractivity contribution in [1.29, 1.82) is 0 Å². The van der Waals surface area contributed by atoms with Gasteiger partial charge in [-0.3, -0.25) is 0 Å². The van der Waals surface area contributed by atoms with Gasteiger partial charge in [-0.05, 0) is 5.53 Å². The van der Waals surface area contributed by atoms with Gasteiger partial charge in [-0.25, -0.2) is 9.59 Å². The molecule has 0 aliphatic carbocycles. The fourth-order valence-corrected chi connectivity index (χ4v) is 1.64. The Morgan fingerprint density at radius 1 is 1.04 bits per heavy atom. The molecule has 2 heterocycles. The van der Waals surface area contributed by atoms with Crippen LogP contribution in [0.2, 0.25) is 0 Å². The SMILES string of the molecule is CC.CC.CN1C[C@H](CN)OC1=O.CN1C[C@H](CN=[N+]=[N-])OC1=O.[Ar].[Ar]. The maximum atomic E-state index is 10.7. The first-order valence-corrected chi connectivity index (χ1v) is 8.02. The predicted octanol–water partition coefficient (Wildman–Crippen LogP) is 2.20. The molecule has 12 heteroatoms. The quantitative estimate of drug-likeness (QED) is 0.419. The number of carbonyl (C=O) groups excluding carboxylic acids is 2. The second-order valence-corrected chi connectivity index (χ2v) is 4.42. The minimum absolute atomic E-state index is 0. The van der Waals surface area contributed by atoms with E-state index in [1.165, 1.54) is 9.80 Å². The number of hydrogen-bond acceptors (Lipinski definition) is 6. The Hall–Kier alpha value is 0.329. The van der Waals surface area contributed by atoms with Crippen LogP contribution in [0.15, 0.2) is 5.11 Å². The maximum Gasteiger partial charge on any atom is 0.410 e. The molecule has 0 aromatic carbocycles. The van der Waals surface area contributed by atoms with Gasteiger partial charge in [0, 0.05) is 101 Å². The molecule has 156 valence electrons. The molecule has 0 bridgehead atoms. The summed E-state index contributed by atoms with van der Waals surface area (Å²) < 4.78 is 9.58. The molecular weight excluding hydrogens is 396 g/mol. The van der Waals surface area contributed by atoms with Gasteiger partial charge in [0.05, 0.1) is 19.6 Å². The van der Waals surface area contributed by atoms with E-state index < -0.39 is 0 Å². The Bertz CT molecular complexity index is 422. The number of nitrogens with zero attached hydrogens (tertiary/aromatic N) is 5. The van der Waals surface area contributed by atoms with Crippen LogP contribution in [-0.2, 0) is 9.47 Å². The van der Waals surface area contributed by atoms with Crippen molar-refractivity contribution in [2.75, 3.05) is 40.3 Å². The molecule has 2 N–H and O–H groups in total. The van der Waals surface area contributed by atoms with Crippen LogP contribution in [0, 0.1) is 75.5 Å². The minimum Gasteiger partial charge on any atom is -0.444 e. The summed E-state index contributed by atoms with van der Waals surface area (Å²) in [6.07, 6.45) is -1.00. The number of likely N-dealkylation sites (N-methyl/N-ethyl adjacent to an activating group) is 2. The van der Waals surface area contributed by atoms with E-state index in [-0.39, 0.29) is 106 Å². The van der Waals surface area contributed by atoms with Gasteiger partial charge in [-0.15, -0.1) is 0 Å². The fourth-order valence-electron chi connectivity index (χ4n) is 1.64. The molecule has 0 radical (unpaired) electrons. The van der Waals surface area contributed by atoms with Crippen LogP contribution < -0.4 is 5.73 Å². The fraction of sp³-hybridized carbons (Fsp3) is 0.857. The Balaban J connectivity index is -0.000000148. The van der Waals surface area contributed by atoms with Gasteiger partial charge in [0.2, 0.25) is 0 Å². The van der Waals surface area contributed by atoms with Crippen molar-refractivity contribution < 1.29 is 94.5 Å². The monoisotopic (exact) mass is 426 g/mol. The van der Waals surface area contributed by atoms with Gasteiger partial charge < -0.3 is 25.0 Å². The van der Waals surface area contributed by atoms with E-state index in [1.54, 1.807) is 14.1 Å². The standard InChI is InChI=1S/C5H8N4O2.C5H10N2O2.2C2H6.2Ar/c1-9-3-4(2-7-8-6)11-5(9)10;1-7-3-4(2-6)9-5(7)8;2*1-2;;/h4H,2-3H2,1H3;4H,2-3,6H2,1H3;2*1-2H3;;/t2*4-;;;;/m00..../s1. The Morgan fingerprint density at radius 2 is 1.42 bits per heavy atom. The Labute approximate surface area is 215 Å². The molecule has 2 rings (SSSR count). The zero-order valence-electron chi connectivity index (χ0n) is 16.1. The smallest absolute Gasteiger partial charge is 0.410 e. The van der Waals surface area contributed by atoms with E-state index in [0.29, 0.717) is 19.6 Å². The van der Waals surface area contributed by atoms with E-state index in [1.807, 2.05) is 27.7 Å². The van der Waals surface area contributed by atoms with Gasteiger partial charge >= 0.3 is 12.2 Å². The largest absolute Gasteiger partial charge is 0.444 e. The third kappa shape index (κ3) is 14.4. The summed E-state index contributed by atoms with van der Waals surface area (Å²) in [6.45, 7) is 9.75. The van der Waals surface area contributed by atoms with Crippen LogP contribution in [0.5, 0.6) is 0 Å². The molecule has 26 heavy (non-hydrogen) atoms. The van der Waals surface area contributed by atoms with E-state index in [4.69, 9.17) is 20.7 Å². The molecular formula is C14H30Ar2N6O4. The van der Waals surface area contributed by atoms with Crippen molar-refractivity contribution in [3.63, 3.8) is 0 Å². The van der Waals surface area contributed by atoms with Gasteiger partial charge in [0.15, 0.2) is 0 Å². The zero-order chi connectivity index (χ0) is 19.1. The molecule has 2 saturated heterocycles. The topological polar surface area (TPSA) is 134 Å². The van der Waals surface area contributed by atoms with Crippen LogP contribution in [-0.4, -0.2) is 74.5 Å². The number of azide groups is 1. The average Bonchev–Trinajstić information content (AvgIpc) is 3.11. The van der Waals surface area contributed by atoms with Gasteiger partial charge in [-0.2, -0.15) is 0 Å². The van der Waals surface area contributed by atoms with Crippen LogP contribution >= 0.6 is 0 Å². The molecule has 2 aliphatic rings. The summed E-state index contributed by atoms with van der Waals surface area (Å²) in [7, 11) is 3.33. The molecule has 2 amide bonds. The molecule has 2 aliphatic heterocycles. The molecule has 2 fully saturated rings. The summed E-state index contributed by atoms with van der Waals surface area (Å²) in [5, 5.41) is 3.30. The number of ether oxygens (including phenoxy) is 2. The number of cyclic esters (lactones) is 2. The summed E-state index contributed by atoms with van der Waals surface area (Å²) in [5.41, 5.74) is 13.2. The Morgan fingerprint density at radius 3 is 1.65 bits per heavy atom. The normalized spacial score (nSPS) is 19.3. The molecule has 0 spiro atoms. The van der Waals surface area contributed by atoms with Gasteiger partial charge in [0.25, 0.3) is 0 Å². The first-order chi connectivity index (χ1) is 11.5. The van der Waals surface area contributed by atoms with Crippen LogP contribution in [0.25, 0.3) is 10.4 Å². The van der Waals surface area contributed by atoms with Crippen molar-refractivity contribution in [2.24, 2.45) is 10.8 Å². The van der Waals surface area contributed by atoms with Crippen molar-refractivity contribution in [1.82, 2.24) is 9.80 Å². The second kappa shape index (κ2) is 21.6. The first-order valence-electron chi connectivity index (χ1n) is 8.02. The van der Waals surface area contributed by atoms with E-state index in [0.717, 1.165) is 0 Å².